The van der Waals surface area contributed by atoms with Gasteiger partial charge in [0.15, 0.2) is 0 Å². The monoisotopic (exact) mass is 290 g/mol. The molecule has 1 saturated heterocycles. The van der Waals surface area contributed by atoms with E-state index >= 15 is 0 Å². The lowest BCUT2D eigenvalue weighted by Crippen LogP contribution is -2.43. The molecule has 4 nitrogen and oxygen atoms in total. The van der Waals surface area contributed by atoms with Crippen molar-refractivity contribution >= 4 is 0 Å². The molecule has 2 aliphatic rings. The highest BCUT2D eigenvalue weighted by Gasteiger charge is 2.40. The highest BCUT2D eigenvalue weighted by molar-refractivity contribution is 5.44. The summed E-state index contributed by atoms with van der Waals surface area (Å²) >= 11 is 0. The summed E-state index contributed by atoms with van der Waals surface area (Å²) < 4.78 is 11.8. The van der Waals surface area contributed by atoms with E-state index in [1.165, 1.54) is 13.0 Å². The first kappa shape index (κ1) is 14.7. The lowest BCUT2D eigenvalue weighted by atomic mass is 9.82. The van der Waals surface area contributed by atoms with Crippen molar-refractivity contribution in [2.75, 3.05) is 26.7 Å². The van der Waals surface area contributed by atoms with Gasteiger partial charge in [-0.3, -0.25) is 0 Å². The molecule has 0 amide bonds. The summed E-state index contributed by atoms with van der Waals surface area (Å²) in [5.74, 6) is 1.75. The van der Waals surface area contributed by atoms with Crippen LogP contribution in [-0.4, -0.2) is 37.2 Å². The van der Waals surface area contributed by atoms with E-state index < -0.39 is 0 Å². The fourth-order valence-electron chi connectivity index (χ4n) is 3.67. The Bertz CT molecular complexity index is 506. The first-order chi connectivity index (χ1) is 10.2. The Kier molecular flexibility index (Phi) is 4.09. The van der Waals surface area contributed by atoms with Crippen LogP contribution in [0.5, 0.6) is 11.5 Å². The van der Waals surface area contributed by atoms with Crippen LogP contribution in [0.1, 0.15) is 44.2 Å². The van der Waals surface area contributed by atoms with E-state index in [2.05, 4.69) is 11.8 Å². The van der Waals surface area contributed by atoms with Crippen molar-refractivity contribution in [3.63, 3.8) is 0 Å². The van der Waals surface area contributed by atoms with E-state index in [1.54, 1.807) is 7.11 Å². The van der Waals surface area contributed by atoms with Crippen molar-refractivity contribution in [3.8, 4) is 11.5 Å². The molecule has 0 aliphatic carbocycles. The largest absolute Gasteiger partial charge is 0.497 e. The molecule has 21 heavy (non-hydrogen) atoms. The third-order valence-corrected chi connectivity index (χ3v) is 4.98. The molecule has 4 heteroatoms. The van der Waals surface area contributed by atoms with Gasteiger partial charge in [0, 0.05) is 30.6 Å². The lowest BCUT2D eigenvalue weighted by molar-refractivity contribution is 0.0217. The van der Waals surface area contributed by atoms with Crippen molar-refractivity contribution in [3.05, 3.63) is 23.8 Å². The van der Waals surface area contributed by atoms with Gasteiger partial charge in [-0.15, -0.1) is 0 Å². The topological polar surface area (TPSA) is 47.7 Å². The number of hydrogen-bond donors (Lipinski definition) is 1. The van der Waals surface area contributed by atoms with Crippen molar-refractivity contribution in [1.29, 1.82) is 0 Å². The van der Waals surface area contributed by atoms with Gasteiger partial charge in [0.05, 0.1) is 7.11 Å². The van der Waals surface area contributed by atoms with Crippen molar-refractivity contribution in [2.24, 2.45) is 5.73 Å². The molecular weight excluding hydrogens is 264 g/mol. The van der Waals surface area contributed by atoms with Gasteiger partial charge >= 0.3 is 0 Å². The molecule has 0 bridgehead atoms. The molecule has 2 heterocycles. The van der Waals surface area contributed by atoms with Crippen molar-refractivity contribution in [1.82, 2.24) is 4.90 Å². The summed E-state index contributed by atoms with van der Waals surface area (Å²) in [6.07, 6.45) is 4.25. The van der Waals surface area contributed by atoms with Gasteiger partial charge in [0.2, 0.25) is 0 Å². The van der Waals surface area contributed by atoms with Gasteiger partial charge in [-0.2, -0.15) is 0 Å². The van der Waals surface area contributed by atoms with Gasteiger partial charge in [-0.05, 0) is 38.4 Å². The smallest absolute Gasteiger partial charge is 0.128 e. The number of methoxy groups -OCH3 is 1. The molecule has 3 rings (SSSR count). The maximum Gasteiger partial charge on any atom is 0.128 e. The number of fused-ring (bicyclic) bond motifs is 1. The zero-order valence-electron chi connectivity index (χ0n) is 13.1. The second kappa shape index (κ2) is 5.85. The second-order valence-electron chi connectivity index (χ2n) is 6.29. The lowest BCUT2D eigenvalue weighted by Gasteiger charge is -2.41. The average molecular weight is 290 g/mol. The molecular formula is C17H26N2O2. The number of likely N-dealkylation sites (tertiary alicyclic amines) is 1. The van der Waals surface area contributed by atoms with Crippen LogP contribution in [0.4, 0.5) is 0 Å². The normalized spacial score (nSPS) is 29.6. The standard InChI is InChI=1S/C17H26N2O2/c1-3-19-9-4-7-17(8-10-19)12-15(18)14-6-5-13(20-2)11-16(14)21-17/h5-6,11,15H,3-4,7-10,12,18H2,1-2H3/t15-,17?/m0/s1. The van der Waals surface area contributed by atoms with E-state index in [1.807, 2.05) is 18.2 Å². The highest BCUT2D eigenvalue weighted by Crippen LogP contribution is 2.44. The summed E-state index contributed by atoms with van der Waals surface area (Å²) in [5.41, 5.74) is 7.44. The number of hydrogen-bond acceptors (Lipinski definition) is 4. The van der Waals surface area contributed by atoms with E-state index in [9.17, 15) is 0 Å². The quantitative estimate of drug-likeness (QED) is 0.910. The first-order valence-electron chi connectivity index (χ1n) is 8.01. The molecule has 2 N–H and O–H groups in total. The van der Waals surface area contributed by atoms with Crippen LogP contribution in [0.3, 0.4) is 0 Å². The fraction of sp³-hybridized carbons (Fsp3) is 0.647. The van der Waals surface area contributed by atoms with Crippen LogP contribution in [0, 0.1) is 0 Å². The van der Waals surface area contributed by atoms with E-state index in [0.29, 0.717) is 0 Å². The Hall–Kier alpha value is -1.26. The summed E-state index contributed by atoms with van der Waals surface area (Å²) in [7, 11) is 1.69. The van der Waals surface area contributed by atoms with E-state index in [-0.39, 0.29) is 11.6 Å². The minimum Gasteiger partial charge on any atom is -0.497 e. The van der Waals surface area contributed by atoms with Crippen LogP contribution < -0.4 is 15.2 Å². The van der Waals surface area contributed by atoms with Crippen LogP contribution in [0.15, 0.2) is 18.2 Å². The molecule has 0 saturated carbocycles. The Balaban J connectivity index is 1.86. The Labute approximate surface area is 127 Å². The minimum absolute atomic E-state index is 0.0628. The number of benzene rings is 1. The molecule has 0 radical (unpaired) electrons. The summed E-state index contributed by atoms with van der Waals surface area (Å²) in [6.45, 7) is 5.61. The van der Waals surface area contributed by atoms with Crippen LogP contribution >= 0.6 is 0 Å². The second-order valence-corrected chi connectivity index (χ2v) is 6.29. The minimum atomic E-state index is -0.0945. The molecule has 0 aromatic heterocycles. The maximum absolute atomic E-state index is 6.46. The van der Waals surface area contributed by atoms with Crippen molar-refractivity contribution in [2.45, 2.75) is 44.2 Å². The zero-order chi connectivity index (χ0) is 14.9. The van der Waals surface area contributed by atoms with E-state index in [4.69, 9.17) is 15.2 Å². The van der Waals surface area contributed by atoms with Crippen LogP contribution in [-0.2, 0) is 0 Å². The maximum atomic E-state index is 6.46. The summed E-state index contributed by atoms with van der Waals surface area (Å²) in [5, 5.41) is 0. The highest BCUT2D eigenvalue weighted by atomic mass is 16.5. The van der Waals surface area contributed by atoms with Gasteiger partial charge < -0.3 is 20.1 Å². The van der Waals surface area contributed by atoms with Gasteiger partial charge in [-0.25, -0.2) is 0 Å². The van der Waals surface area contributed by atoms with E-state index in [0.717, 1.165) is 49.4 Å². The Morgan fingerprint density at radius 2 is 2.24 bits per heavy atom. The van der Waals surface area contributed by atoms with Crippen LogP contribution in [0.2, 0.25) is 0 Å². The summed E-state index contributed by atoms with van der Waals surface area (Å²) in [6, 6.07) is 6.05. The SMILES string of the molecule is CCN1CCCC2(CC1)C[C@H](N)c1ccc(OC)cc1O2. The predicted octanol–water partition coefficient (Wildman–Crippen LogP) is 2.72. The number of nitrogens with zero attached hydrogens (tertiary/aromatic N) is 1. The van der Waals surface area contributed by atoms with Gasteiger partial charge in [-0.1, -0.05) is 13.0 Å². The third kappa shape index (κ3) is 2.87. The van der Waals surface area contributed by atoms with Crippen LogP contribution in [0.25, 0.3) is 0 Å². The first-order valence-corrected chi connectivity index (χ1v) is 8.01. The Morgan fingerprint density at radius 1 is 1.38 bits per heavy atom. The number of ether oxygens (including phenoxy) is 2. The van der Waals surface area contributed by atoms with Gasteiger partial charge in [0.1, 0.15) is 17.1 Å². The molecule has 2 aliphatic heterocycles. The Morgan fingerprint density at radius 3 is 3.00 bits per heavy atom. The van der Waals surface area contributed by atoms with Gasteiger partial charge in [0.25, 0.3) is 0 Å². The summed E-state index contributed by atoms with van der Waals surface area (Å²) in [4.78, 5) is 2.50. The third-order valence-electron chi connectivity index (χ3n) is 4.98. The molecule has 2 atom stereocenters. The number of nitrogens with two attached hydrogens (primary N) is 1. The molecule has 1 fully saturated rings. The van der Waals surface area contributed by atoms with Crippen molar-refractivity contribution < 1.29 is 9.47 Å². The molecule has 1 spiro atoms. The fourth-order valence-corrected chi connectivity index (χ4v) is 3.67. The predicted molar refractivity (Wildman–Crippen MR) is 83.9 cm³/mol. The average Bonchev–Trinajstić information content (AvgIpc) is 2.69. The number of rotatable bonds is 2. The zero-order valence-corrected chi connectivity index (χ0v) is 13.1. The molecule has 1 aromatic carbocycles. The molecule has 116 valence electrons. The molecule has 1 aromatic rings. The molecule has 1 unspecified atom stereocenters.